The molecule has 0 saturated heterocycles. The van der Waals surface area contributed by atoms with Gasteiger partial charge in [0.1, 0.15) is 19.3 Å². The molecule has 19 heteroatoms. The first-order valence-corrected chi connectivity index (χ1v) is 42.6. The number of esters is 4. The summed E-state index contributed by atoms with van der Waals surface area (Å²) in [6, 6.07) is 0. The van der Waals surface area contributed by atoms with Gasteiger partial charge in [-0.25, -0.2) is 9.13 Å². The second kappa shape index (κ2) is 69.2. The fraction of sp³-hybridized carbons (Fsp3) is 0.947. The van der Waals surface area contributed by atoms with Crippen LogP contribution >= 0.6 is 15.6 Å². The minimum Gasteiger partial charge on any atom is -0.462 e. The van der Waals surface area contributed by atoms with E-state index in [4.69, 9.17) is 37.0 Å². The highest BCUT2D eigenvalue weighted by atomic mass is 31.2. The number of hydrogen-bond donors (Lipinski definition) is 3. The number of carbonyl (C=O) groups is 4. The maximum atomic E-state index is 13.1. The molecule has 0 aromatic carbocycles. The standard InChI is InChI=1S/C76H148O17P2/c1-6-9-12-15-17-19-21-23-24-25-26-27-31-34-38-41-45-50-55-60-74(79)87-66-72(93-76(81)62-57-52-47-43-39-35-32-29-28-30-33-36-40-44-49-53-58-69(4)5)68-91-95(84,85)89-64-70(77)63-88-94(82,83)90-67-71(65-86-73(78)59-54-48-14-11-8-3)92-75(80)61-56-51-46-42-37-22-20-18-16-13-10-7-2/h69-72,77H,6-68H2,1-5H3,(H,82,83)(H,84,85)/t70-,71+,72+/m0/s1. The number of carbonyl (C=O) groups excluding carboxylic acids is 4. The van der Waals surface area contributed by atoms with E-state index in [1.54, 1.807) is 0 Å². The summed E-state index contributed by atoms with van der Waals surface area (Å²) in [5, 5.41) is 10.6. The van der Waals surface area contributed by atoms with Crippen molar-refractivity contribution in [2.75, 3.05) is 39.6 Å². The zero-order chi connectivity index (χ0) is 69.8. The molecule has 0 heterocycles. The van der Waals surface area contributed by atoms with Gasteiger partial charge in [-0.3, -0.25) is 37.3 Å². The summed E-state index contributed by atoms with van der Waals surface area (Å²) in [4.78, 5) is 72.5. The second-order valence-corrected chi connectivity index (χ2v) is 30.8. The lowest BCUT2D eigenvalue weighted by Crippen LogP contribution is -2.30. The van der Waals surface area contributed by atoms with E-state index in [2.05, 4.69) is 34.6 Å². The Hall–Kier alpha value is -1.94. The molecule has 0 aromatic heterocycles. The monoisotopic (exact) mass is 1400 g/mol. The van der Waals surface area contributed by atoms with Gasteiger partial charge in [-0.1, -0.05) is 349 Å². The predicted octanol–water partition coefficient (Wildman–Crippen LogP) is 22.5. The van der Waals surface area contributed by atoms with Gasteiger partial charge in [0.15, 0.2) is 12.2 Å². The third-order valence-electron chi connectivity index (χ3n) is 17.8. The van der Waals surface area contributed by atoms with Crippen molar-refractivity contribution in [1.29, 1.82) is 0 Å². The van der Waals surface area contributed by atoms with Crippen LogP contribution in [0.4, 0.5) is 0 Å². The summed E-state index contributed by atoms with van der Waals surface area (Å²) in [7, 11) is -9.90. The van der Waals surface area contributed by atoms with Gasteiger partial charge in [0.05, 0.1) is 26.4 Å². The van der Waals surface area contributed by atoms with Gasteiger partial charge < -0.3 is 33.8 Å². The maximum Gasteiger partial charge on any atom is 0.472 e. The number of aliphatic hydroxyl groups is 1. The molecule has 5 atom stereocenters. The van der Waals surface area contributed by atoms with Gasteiger partial charge >= 0.3 is 39.5 Å². The largest absolute Gasteiger partial charge is 0.472 e. The first-order chi connectivity index (χ1) is 46.0. The van der Waals surface area contributed by atoms with Gasteiger partial charge in [-0.05, 0) is 31.6 Å². The van der Waals surface area contributed by atoms with E-state index in [0.29, 0.717) is 25.7 Å². The van der Waals surface area contributed by atoms with Crippen LogP contribution in [0.1, 0.15) is 401 Å². The van der Waals surface area contributed by atoms with Crippen LogP contribution in [0.25, 0.3) is 0 Å². The Morgan fingerprint density at radius 3 is 0.716 bits per heavy atom. The molecule has 564 valence electrons. The Balaban J connectivity index is 5.12. The Morgan fingerprint density at radius 1 is 0.284 bits per heavy atom. The van der Waals surface area contributed by atoms with Crippen molar-refractivity contribution in [3.8, 4) is 0 Å². The summed E-state index contributed by atoms with van der Waals surface area (Å²) in [5.74, 6) is -1.32. The van der Waals surface area contributed by atoms with Crippen LogP contribution < -0.4 is 0 Å². The van der Waals surface area contributed by atoms with Crippen LogP contribution in [0.15, 0.2) is 0 Å². The summed E-state index contributed by atoms with van der Waals surface area (Å²) in [5.41, 5.74) is 0. The Morgan fingerprint density at radius 2 is 0.484 bits per heavy atom. The van der Waals surface area contributed by atoms with Crippen LogP contribution in [0, 0.1) is 5.92 Å². The number of phosphoric acid groups is 2. The number of phosphoric ester groups is 2. The van der Waals surface area contributed by atoms with Gasteiger partial charge in [0.2, 0.25) is 0 Å². The van der Waals surface area contributed by atoms with E-state index < -0.39 is 97.5 Å². The molecule has 2 unspecified atom stereocenters. The average Bonchev–Trinajstić information content (AvgIpc) is 2.10. The van der Waals surface area contributed by atoms with E-state index in [-0.39, 0.29) is 25.7 Å². The second-order valence-electron chi connectivity index (χ2n) is 27.9. The van der Waals surface area contributed by atoms with Crippen LogP contribution in [-0.4, -0.2) is 96.7 Å². The van der Waals surface area contributed by atoms with Crippen molar-refractivity contribution in [3.05, 3.63) is 0 Å². The topological polar surface area (TPSA) is 237 Å². The first kappa shape index (κ1) is 93.1. The first-order valence-electron chi connectivity index (χ1n) is 39.6. The van der Waals surface area contributed by atoms with Crippen molar-refractivity contribution in [1.82, 2.24) is 0 Å². The lowest BCUT2D eigenvalue weighted by Gasteiger charge is -2.21. The molecule has 95 heavy (non-hydrogen) atoms. The summed E-state index contributed by atoms with van der Waals surface area (Å²) >= 11 is 0. The summed E-state index contributed by atoms with van der Waals surface area (Å²) < 4.78 is 68.3. The average molecular weight is 1400 g/mol. The fourth-order valence-electron chi connectivity index (χ4n) is 11.7. The molecule has 3 N–H and O–H groups in total. The number of aliphatic hydroxyl groups excluding tert-OH is 1. The Kier molecular flexibility index (Phi) is 67.7. The smallest absolute Gasteiger partial charge is 0.462 e. The number of unbranched alkanes of at least 4 members (excludes halogenated alkanes) is 48. The molecule has 0 spiro atoms. The van der Waals surface area contributed by atoms with Crippen molar-refractivity contribution in [3.63, 3.8) is 0 Å². The lowest BCUT2D eigenvalue weighted by atomic mass is 10.0. The maximum absolute atomic E-state index is 13.1. The van der Waals surface area contributed by atoms with Crippen LogP contribution in [0.2, 0.25) is 0 Å². The third-order valence-corrected chi connectivity index (χ3v) is 19.7. The quantitative estimate of drug-likeness (QED) is 0.0222. The van der Waals surface area contributed by atoms with Gasteiger partial charge in [0, 0.05) is 25.7 Å². The van der Waals surface area contributed by atoms with Crippen LogP contribution in [0.3, 0.4) is 0 Å². The highest BCUT2D eigenvalue weighted by Crippen LogP contribution is 2.45. The highest BCUT2D eigenvalue weighted by molar-refractivity contribution is 7.47. The van der Waals surface area contributed by atoms with Gasteiger partial charge in [0.25, 0.3) is 0 Å². The lowest BCUT2D eigenvalue weighted by molar-refractivity contribution is -0.161. The molecule has 17 nitrogen and oxygen atoms in total. The van der Waals surface area contributed by atoms with Crippen LogP contribution in [0.5, 0.6) is 0 Å². The molecule has 0 aromatic rings. The molecule has 0 aliphatic heterocycles. The van der Waals surface area contributed by atoms with E-state index in [9.17, 15) is 43.2 Å². The molecule has 0 saturated carbocycles. The summed E-state index contributed by atoms with van der Waals surface area (Å²) in [6.45, 7) is 7.23. The van der Waals surface area contributed by atoms with Crippen molar-refractivity contribution in [2.45, 2.75) is 419 Å². The zero-order valence-electron chi connectivity index (χ0n) is 61.8. The van der Waals surface area contributed by atoms with Crippen molar-refractivity contribution < 1.29 is 80.2 Å². The Labute approximate surface area is 581 Å². The number of ether oxygens (including phenoxy) is 4. The zero-order valence-corrected chi connectivity index (χ0v) is 63.6. The van der Waals surface area contributed by atoms with E-state index in [0.717, 1.165) is 102 Å². The normalized spacial score (nSPS) is 13.9. The van der Waals surface area contributed by atoms with Gasteiger partial charge in [-0.2, -0.15) is 0 Å². The third kappa shape index (κ3) is 70.3. The molecule has 0 bridgehead atoms. The number of hydrogen-bond acceptors (Lipinski definition) is 15. The number of rotatable bonds is 76. The SMILES string of the molecule is CCCCCCCCCCCCCCCCCCCCCC(=O)OC[C@H](COP(=O)(O)OC[C@@H](O)COP(=O)(O)OC[C@@H](COC(=O)CCCCCCC)OC(=O)CCCCCCCCCCCCCC)OC(=O)CCCCCCCCCCCCCCCCCCC(C)C. The Bertz CT molecular complexity index is 1820. The predicted molar refractivity (Wildman–Crippen MR) is 386 cm³/mol. The van der Waals surface area contributed by atoms with E-state index >= 15 is 0 Å². The molecule has 0 amide bonds. The highest BCUT2D eigenvalue weighted by Gasteiger charge is 2.30. The van der Waals surface area contributed by atoms with Crippen LogP contribution in [-0.2, 0) is 65.4 Å². The van der Waals surface area contributed by atoms with E-state index in [1.165, 1.54) is 218 Å². The minimum atomic E-state index is -4.95. The van der Waals surface area contributed by atoms with Gasteiger partial charge in [-0.15, -0.1) is 0 Å². The molecule has 0 rings (SSSR count). The van der Waals surface area contributed by atoms with Crippen molar-refractivity contribution in [2.24, 2.45) is 5.92 Å². The minimum absolute atomic E-state index is 0.107. The molecular weight excluding hydrogens is 1250 g/mol. The fourth-order valence-corrected chi connectivity index (χ4v) is 13.3. The van der Waals surface area contributed by atoms with E-state index in [1.807, 2.05) is 0 Å². The molecule has 0 radical (unpaired) electrons. The molecule has 0 aliphatic carbocycles. The van der Waals surface area contributed by atoms with Crippen molar-refractivity contribution >= 4 is 39.5 Å². The summed E-state index contributed by atoms with van der Waals surface area (Å²) in [6.07, 6.45) is 58.7. The molecule has 0 fully saturated rings. The molecule has 0 aliphatic rings. The molecular formula is C76H148O17P2.